The summed E-state index contributed by atoms with van der Waals surface area (Å²) in [4.78, 5) is 10.9. The summed E-state index contributed by atoms with van der Waals surface area (Å²) >= 11 is 0. The smallest absolute Gasteiger partial charge is 0.306 e. The molecule has 90 valence electrons. The summed E-state index contributed by atoms with van der Waals surface area (Å²) in [5, 5.41) is 9.00. The van der Waals surface area contributed by atoms with Gasteiger partial charge in [-0.25, -0.2) is 0 Å². The predicted octanol–water partition coefficient (Wildman–Crippen LogP) is 2.79. The van der Waals surface area contributed by atoms with Crippen LogP contribution >= 0.6 is 0 Å². The van der Waals surface area contributed by atoms with E-state index in [1.807, 2.05) is 0 Å². The van der Waals surface area contributed by atoms with Crippen LogP contribution in [-0.2, 0) is 4.79 Å². The Kier molecular flexibility index (Phi) is 9.59. The van der Waals surface area contributed by atoms with Crippen LogP contribution in [0.25, 0.3) is 0 Å². The van der Waals surface area contributed by atoms with Crippen molar-refractivity contribution < 1.29 is 9.90 Å². The quantitative estimate of drug-likeness (QED) is 0.551. The molecule has 0 saturated heterocycles. The molecular formula is C12H25NO2. The molecule has 0 spiro atoms. The van der Waals surface area contributed by atoms with Crippen LogP contribution in [0.15, 0.2) is 0 Å². The van der Waals surface area contributed by atoms with Gasteiger partial charge in [0.15, 0.2) is 0 Å². The van der Waals surface area contributed by atoms with Crippen molar-refractivity contribution >= 4 is 5.97 Å². The first-order valence-electron chi connectivity index (χ1n) is 6.15. The average Bonchev–Trinajstić information content (AvgIpc) is 2.21. The molecule has 15 heavy (non-hydrogen) atoms. The number of hydrogen-bond acceptors (Lipinski definition) is 2. The second kappa shape index (κ2) is 9.97. The molecule has 0 aliphatic rings. The molecule has 0 fully saturated rings. The van der Waals surface area contributed by atoms with Crippen molar-refractivity contribution in [3.8, 4) is 0 Å². The zero-order chi connectivity index (χ0) is 11.5. The van der Waals surface area contributed by atoms with Gasteiger partial charge in [0.1, 0.15) is 0 Å². The Morgan fingerprint density at radius 2 is 1.73 bits per heavy atom. The molecular weight excluding hydrogens is 190 g/mol. The third-order valence-corrected chi connectivity index (χ3v) is 2.76. The van der Waals surface area contributed by atoms with E-state index in [-0.39, 0.29) is 5.92 Å². The number of aliphatic carboxylic acids is 1. The highest BCUT2D eigenvalue weighted by Crippen LogP contribution is 2.17. The summed E-state index contributed by atoms with van der Waals surface area (Å²) in [5.74, 6) is -0.781. The highest BCUT2D eigenvalue weighted by molar-refractivity contribution is 5.69. The highest BCUT2D eigenvalue weighted by Gasteiger charge is 2.15. The molecule has 0 aromatic heterocycles. The van der Waals surface area contributed by atoms with Gasteiger partial charge in [-0.05, 0) is 25.8 Å². The Bertz CT molecular complexity index is 160. The monoisotopic (exact) mass is 215 g/mol. The van der Waals surface area contributed by atoms with Gasteiger partial charge in [0, 0.05) is 0 Å². The lowest BCUT2D eigenvalue weighted by Crippen LogP contribution is -2.14. The van der Waals surface area contributed by atoms with E-state index in [0.717, 1.165) is 38.5 Å². The summed E-state index contributed by atoms with van der Waals surface area (Å²) in [7, 11) is 0. The number of rotatable bonds is 10. The summed E-state index contributed by atoms with van der Waals surface area (Å²) < 4.78 is 0. The van der Waals surface area contributed by atoms with Crippen molar-refractivity contribution in [2.75, 3.05) is 6.54 Å². The lowest BCUT2D eigenvalue weighted by atomic mass is 9.95. The molecule has 0 aliphatic heterocycles. The van der Waals surface area contributed by atoms with Crippen molar-refractivity contribution in [3.05, 3.63) is 0 Å². The first-order valence-corrected chi connectivity index (χ1v) is 6.15. The number of nitrogens with two attached hydrogens (primary N) is 1. The predicted molar refractivity (Wildman–Crippen MR) is 62.8 cm³/mol. The molecule has 0 bridgehead atoms. The zero-order valence-corrected chi connectivity index (χ0v) is 9.87. The molecule has 0 aromatic carbocycles. The maximum Gasteiger partial charge on any atom is 0.306 e. The third-order valence-electron chi connectivity index (χ3n) is 2.76. The molecule has 3 heteroatoms. The number of carbonyl (C=O) groups is 1. The molecule has 0 aromatic rings. The molecule has 0 saturated carbocycles. The van der Waals surface area contributed by atoms with E-state index in [1.165, 1.54) is 12.8 Å². The van der Waals surface area contributed by atoms with Crippen LogP contribution < -0.4 is 5.73 Å². The molecule has 0 amide bonds. The van der Waals surface area contributed by atoms with E-state index in [9.17, 15) is 4.79 Å². The molecule has 1 atom stereocenters. The van der Waals surface area contributed by atoms with Crippen LogP contribution in [0.2, 0.25) is 0 Å². The lowest BCUT2D eigenvalue weighted by molar-refractivity contribution is -0.142. The van der Waals surface area contributed by atoms with Crippen molar-refractivity contribution in [1.82, 2.24) is 0 Å². The summed E-state index contributed by atoms with van der Waals surface area (Å²) in [6, 6.07) is 0. The minimum absolute atomic E-state index is 0.145. The fourth-order valence-electron chi connectivity index (χ4n) is 1.74. The fourth-order valence-corrected chi connectivity index (χ4v) is 1.74. The first-order chi connectivity index (χ1) is 7.22. The van der Waals surface area contributed by atoms with Crippen molar-refractivity contribution in [1.29, 1.82) is 0 Å². The number of carboxylic acids is 1. The summed E-state index contributed by atoms with van der Waals surface area (Å²) in [6.45, 7) is 2.83. The third kappa shape index (κ3) is 8.43. The summed E-state index contributed by atoms with van der Waals surface area (Å²) in [5.41, 5.74) is 5.38. The van der Waals surface area contributed by atoms with Crippen molar-refractivity contribution in [2.24, 2.45) is 11.7 Å². The molecule has 0 radical (unpaired) electrons. The van der Waals surface area contributed by atoms with Crippen LogP contribution in [0.5, 0.6) is 0 Å². The molecule has 0 heterocycles. The van der Waals surface area contributed by atoms with Gasteiger partial charge in [-0.3, -0.25) is 4.79 Å². The summed E-state index contributed by atoms with van der Waals surface area (Å²) in [6.07, 6.45) is 8.14. The van der Waals surface area contributed by atoms with Gasteiger partial charge in [-0.2, -0.15) is 0 Å². The van der Waals surface area contributed by atoms with Gasteiger partial charge >= 0.3 is 5.97 Å². The van der Waals surface area contributed by atoms with Crippen LogP contribution in [-0.4, -0.2) is 17.6 Å². The Labute approximate surface area is 93.0 Å². The van der Waals surface area contributed by atoms with E-state index >= 15 is 0 Å². The Morgan fingerprint density at radius 3 is 2.20 bits per heavy atom. The van der Waals surface area contributed by atoms with Crippen LogP contribution in [0, 0.1) is 5.92 Å². The van der Waals surface area contributed by atoms with E-state index in [1.54, 1.807) is 0 Å². The second-order valence-electron chi connectivity index (χ2n) is 4.17. The SMILES string of the molecule is CCCCCCC(CCCCN)C(=O)O. The minimum atomic E-state index is -0.636. The molecule has 3 N–H and O–H groups in total. The molecule has 1 unspecified atom stereocenters. The molecule has 0 rings (SSSR count). The minimum Gasteiger partial charge on any atom is -0.481 e. The van der Waals surface area contributed by atoms with E-state index in [0.29, 0.717) is 6.54 Å². The van der Waals surface area contributed by atoms with E-state index < -0.39 is 5.97 Å². The van der Waals surface area contributed by atoms with Crippen molar-refractivity contribution in [3.63, 3.8) is 0 Å². The van der Waals surface area contributed by atoms with Gasteiger partial charge < -0.3 is 10.8 Å². The van der Waals surface area contributed by atoms with E-state index in [2.05, 4.69) is 6.92 Å². The van der Waals surface area contributed by atoms with Gasteiger partial charge in [0.05, 0.1) is 5.92 Å². The topological polar surface area (TPSA) is 63.3 Å². The number of carboxylic acid groups (broad SMARTS) is 1. The van der Waals surface area contributed by atoms with Crippen molar-refractivity contribution in [2.45, 2.75) is 58.3 Å². The maximum absolute atomic E-state index is 10.9. The second-order valence-corrected chi connectivity index (χ2v) is 4.17. The van der Waals surface area contributed by atoms with Gasteiger partial charge in [0.2, 0.25) is 0 Å². The van der Waals surface area contributed by atoms with Crippen LogP contribution in [0.4, 0.5) is 0 Å². The van der Waals surface area contributed by atoms with Gasteiger partial charge in [0.25, 0.3) is 0 Å². The van der Waals surface area contributed by atoms with Crippen LogP contribution in [0.1, 0.15) is 58.3 Å². The average molecular weight is 215 g/mol. The fraction of sp³-hybridized carbons (Fsp3) is 0.917. The Hall–Kier alpha value is -0.570. The van der Waals surface area contributed by atoms with E-state index in [4.69, 9.17) is 10.8 Å². The van der Waals surface area contributed by atoms with Gasteiger partial charge in [-0.1, -0.05) is 39.0 Å². The standard InChI is InChI=1S/C12H25NO2/c1-2-3-4-5-8-11(12(14)15)9-6-7-10-13/h11H,2-10,13H2,1H3,(H,14,15). The number of hydrogen-bond donors (Lipinski definition) is 2. The Balaban J connectivity index is 3.59. The zero-order valence-electron chi connectivity index (χ0n) is 9.87. The molecule has 0 aliphatic carbocycles. The highest BCUT2D eigenvalue weighted by atomic mass is 16.4. The molecule has 3 nitrogen and oxygen atoms in total. The largest absolute Gasteiger partial charge is 0.481 e. The van der Waals surface area contributed by atoms with Crippen LogP contribution in [0.3, 0.4) is 0 Å². The first kappa shape index (κ1) is 14.4. The Morgan fingerprint density at radius 1 is 1.13 bits per heavy atom. The normalized spacial score (nSPS) is 12.7. The number of unbranched alkanes of at least 4 members (excludes halogenated alkanes) is 4. The lowest BCUT2D eigenvalue weighted by Gasteiger charge is -2.11. The van der Waals surface area contributed by atoms with Gasteiger partial charge in [-0.15, -0.1) is 0 Å². The maximum atomic E-state index is 10.9.